The topological polar surface area (TPSA) is 50.2 Å². The zero-order valence-corrected chi connectivity index (χ0v) is 8.72. The van der Waals surface area contributed by atoms with E-state index in [1.54, 1.807) is 24.4 Å². The van der Waals surface area contributed by atoms with Gasteiger partial charge < -0.3 is 0 Å². The van der Waals surface area contributed by atoms with Crippen molar-refractivity contribution in [3.05, 3.63) is 58.8 Å². The predicted molar refractivity (Wildman–Crippen MR) is 61.2 cm³/mol. The molecule has 17 heavy (non-hydrogen) atoms. The molecule has 0 unspecified atom stereocenters. The molecular formula is C12H8FN3O. The number of halogens is 1. The Morgan fingerprint density at radius 1 is 1.24 bits per heavy atom. The van der Waals surface area contributed by atoms with Gasteiger partial charge in [-0.25, -0.2) is 13.9 Å². The molecule has 0 saturated carbocycles. The molecule has 0 spiro atoms. The van der Waals surface area contributed by atoms with Gasteiger partial charge in [-0.05, 0) is 12.1 Å². The highest BCUT2D eigenvalue weighted by Gasteiger charge is 2.05. The minimum Gasteiger partial charge on any atom is -0.297 e. The van der Waals surface area contributed by atoms with E-state index in [-0.39, 0.29) is 11.4 Å². The number of nitrogens with one attached hydrogen (secondary N) is 1. The third-order valence-corrected chi connectivity index (χ3v) is 2.50. The van der Waals surface area contributed by atoms with E-state index in [2.05, 4.69) is 10.1 Å². The van der Waals surface area contributed by atoms with Crippen molar-refractivity contribution in [3.63, 3.8) is 0 Å². The van der Waals surface area contributed by atoms with Crippen molar-refractivity contribution in [2.24, 2.45) is 0 Å². The van der Waals surface area contributed by atoms with Gasteiger partial charge in [0.05, 0.1) is 5.69 Å². The smallest absolute Gasteiger partial charge is 0.273 e. The maximum Gasteiger partial charge on any atom is 0.273 e. The fourth-order valence-electron chi connectivity index (χ4n) is 1.72. The number of nitrogens with zero attached hydrogens (tertiary/aromatic N) is 2. The quantitative estimate of drug-likeness (QED) is 0.692. The van der Waals surface area contributed by atoms with Crippen LogP contribution in [0.3, 0.4) is 0 Å². The van der Waals surface area contributed by atoms with Crippen LogP contribution in [0, 0.1) is 5.82 Å². The van der Waals surface area contributed by atoms with Crippen LogP contribution in [-0.2, 0) is 0 Å². The molecule has 1 N–H and O–H groups in total. The molecule has 0 amide bonds. The lowest BCUT2D eigenvalue weighted by molar-refractivity contribution is 0.628. The van der Waals surface area contributed by atoms with Gasteiger partial charge in [-0.2, -0.15) is 0 Å². The number of H-pyrrole nitrogens is 1. The van der Waals surface area contributed by atoms with Gasteiger partial charge in [0.15, 0.2) is 5.65 Å². The van der Waals surface area contributed by atoms with Crippen LogP contribution in [0.4, 0.5) is 4.39 Å². The summed E-state index contributed by atoms with van der Waals surface area (Å²) in [6, 6.07) is 9.07. The molecule has 3 aromatic rings. The Morgan fingerprint density at radius 3 is 2.94 bits per heavy atom. The third kappa shape index (κ3) is 1.61. The summed E-state index contributed by atoms with van der Waals surface area (Å²) >= 11 is 0. The van der Waals surface area contributed by atoms with Crippen molar-refractivity contribution in [3.8, 4) is 11.3 Å². The van der Waals surface area contributed by atoms with Crippen molar-refractivity contribution in [2.75, 3.05) is 0 Å². The molecule has 0 saturated heterocycles. The molecular weight excluding hydrogens is 221 g/mol. The van der Waals surface area contributed by atoms with Crippen molar-refractivity contribution < 1.29 is 4.39 Å². The molecule has 0 radical (unpaired) electrons. The van der Waals surface area contributed by atoms with Gasteiger partial charge in [0.25, 0.3) is 5.56 Å². The number of hydrogen-bond acceptors (Lipinski definition) is 2. The number of fused-ring (bicyclic) bond motifs is 1. The third-order valence-electron chi connectivity index (χ3n) is 2.50. The average molecular weight is 229 g/mol. The number of aromatic amines is 1. The highest BCUT2D eigenvalue weighted by molar-refractivity contribution is 5.61. The molecule has 1 aromatic carbocycles. The van der Waals surface area contributed by atoms with Crippen LogP contribution >= 0.6 is 0 Å². The molecule has 4 nitrogen and oxygen atoms in total. The van der Waals surface area contributed by atoms with E-state index >= 15 is 0 Å². The van der Waals surface area contributed by atoms with Crippen LogP contribution < -0.4 is 5.56 Å². The molecule has 3 rings (SSSR count). The minimum atomic E-state index is -0.349. The highest BCUT2D eigenvalue weighted by Crippen LogP contribution is 2.16. The fraction of sp³-hybridized carbons (Fsp3) is 0. The van der Waals surface area contributed by atoms with Gasteiger partial charge >= 0.3 is 0 Å². The Bertz CT molecular complexity index is 745. The monoisotopic (exact) mass is 229 g/mol. The van der Waals surface area contributed by atoms with Crippen molar-refractivity contribution in [1.29, 1.82) is 0 Å². The maximum atomic E-state index is 13.1. The van der Waals surface area contributed by atoms with Crippen molar-refractivity contribution >= 4 is 5.65 Å². The van der Waals surface area contributed by atoms with Crippen LogP contribution in [0.15, 0.2) is 47.4 Å². The lowest BCUT2D eigenvalue weighted by Gasteiger charge is -2.01. The van der Waals surface area contributed by atoms with Gasteiger partial charge in [0, 0.05) is 23.9 Å². The zero-order valence-electron chi connectivity index (χ0n) is 8.72. The summed E-state index contributed by atoms with van der Waals surface area (Å²) in [7, 11) is 0. The van der Waals surface area contributed by atoms with Crippen LogP contribution in [0.1, 0.15) is 0 Å². The van der Waals surface area contributed by atoms with E-state index in [4.69, 9.17) is 0 Å². The summed E-state index contributed by atoms with van der Waals surface area (Å²) < 4.78 is 14.4. The number of benzene rings is 1. The van der Waals surface area contributed by atoms with Crippen molar-refractivity contribution in [2.45, 2.75) is 0 Å². The summed E-state index contributed by atoms with van der Waals surface area (Å²) in [6.07, 6.45) is 1.62. The Morgan fingerprint density at radius 2 is 2.12 bits per heavy atom. The molecule has 0 fully saturated rings. The first-order valence-corrected chi connectivity index (χ1v) is 5.07. The van der Waals surface area contributed by atoms with Crippen LogP contribution in [0.5, 0.6) is 0 Å². The zero-order chi connectivity index (χ0) is 11.8. The second-order valence-electron chi connectivity index (χ2n) is 3.65. The largest absolute Gasteiger partial charge is 0.297 e. The molecule has 2 aromatic heterocycles. The van der Waals surface area contributed by atoms with E-state index in [0.717, 1.165) is 0 Å². The molecule has 0 aliphatic heterocycles. The normalized spacial score (nSPS) is 10.9. The Labute approximate surface area is 95.3 Å². The SMILES string of the molecule is O=c1cc(-c2cccc(F)c2)nc2cc[nH]n12. The van der Waals surface area contributed by atoms with E-state index in [1.807, 2.05) is 0 Å². The van der Waals surface area contributed by atoms with Gasteiger partial charge in [-0.1, -0.05) is 12.1 Å². The van der Waals surface area contributed by atoms with Gasteiger partial charge in [-0.15, -0.1) is 0 Å². The predicted octanol–water partition coefficient (Wildman–Crippen LogP) is 1.83. The number of aromatic nitrogens is 3. The first kappa shape index (κ1) is 9.77. The lowest BCUT2D eigenvalue weighted by Crippen LogP contribution is -2.13. The standard InChI is InChI=1S/C12H8FN3O/c13-9-3-1-2-8(6-9)10-7-12(17)16-11(15-10)4-5-14-16/h1-7,14H. The second-order valence-corrected chi connectivity index (χ2v) is 3.65. The van der Waals surface area contributed by atoms with Crippen molar-refractivity contribution in [1.82, 2.24) is 14.6 Å². The van der Waals surface area contributed by atoms with Crippen LogP contribution in [0.25, 0.3) is 16.9 Å². The average Bonchev–Trinajstić information content (AvgIpc) is 2.77. The van der Waals surface area contributed by atoms with E-state index in [1.165, 1.54) is 22.7 Å². The van der Waals surface area contributed by atoms with Gasteiger partial charge in [0.2, 0.25) is 0 Å². The molecule has 0 aliphatic rings. The number of rotatable bonds is 1. The maximum absolute atomic E-state index is 13.1. The summed E-state index contributed by atoms with van der Waals surface area (Å²) in [4.78, 5) is 16.0. The lowest BCUT2D eigenvalue weighted by atomic mass is 10.1. The molecule has 5 heteroatoms. The summed E-state index contributed by atoms with van der Waals surface area (Å²) in [6.45, 7) is 0. The van der Waals surface area contributed by atoms with Crippen LogP contribution in [-0.4, -0.2) is 14.6 Å². The summed E-state index contributed by atoms with van der Waals surface area (Å²) in [5, 5.41) is 2.75. The molecule has 0 aliphatic carbocycles. The van der Waals surface area contributed by atoms with E-state index in [9.17, 15) is 9.18 Å². The molecule has 84 valence electrons. The molecule has 0 atom stereocenters. The van der Waals surface area contributed by atoms with Crippen LogP contribution in [0.2, 0.25) is 0 Å². The Hall–Kier alpha value is -2.43. The highest BCUT2D eigenvalue weighted by atomic mass is 19.1. The van der Waals surface area contributed by atoms with Gasteiger partial charge in [-0.3, -0.25) is 9.89 Å². The number of hydrogen-bond donors (Lipinski definition) is 1. The second kappa shape index (κ2) is 3.55. The van der Waals surface area contributed by atoms with E-state index in [0.29, 0.717) is 16.9 Å². The summed E-state index contributed by atoms with van der Waals surface area (Å²) in [5.74, 6) is -0.349. The molecule has 2 heterocycles. The fourth-order valence-corrected chi connectivity index (χ4v) is 1.72. The summed E-state index contributed by atoms with van der Waals surface area (Å²) in [5.41, 5.74) is 1.34. The minimum absolute atomic E-state index is 0.223. The van der Waals surface area contributed by atoms with Gasteiger partial charge in [0.1, 0.15) is 5.82 Å². The first-order valence-electron chi connectivity index (χ1n) is 5.07. The Balaban J connectivity index is 2.27. The first-order chi connectivity index (χ1) is 8.24. The Kier molecular flexibility index (Phi) is 2.04. The van der Waals surface area contributed by atoms with E-state index < -0.39 is 0 Å². The molecule has 0 bridgehead atoms.